The average molecular weight is 367 g/mol. The van der Waals surface area contributed by atoms with Gasteiger partial charge in [0.25, 0.3) is 5.91 Å². The summed E-state index contributed by atoms with van der Waals surface area (Å²) in [5.74, 6) is 0.892. The van der Waals surface area contributed by atoms with E-state index in [2.05, 4.69) is 4.98 Å². The van der Waals surface area contributed by atoms with Crippen LogP contribution in [0.1, 0.15) is 12.8 Å². The Kier molecular flexibility index (Phi) is 4.91. The lowest BCUT2D eigenvalue weighted by Crippen LogP contribution is -2.50. The van der Waals surface area contributed by atoms with Gasteiger partial charge < -0.3 is 14.4 Å². The van der Waals surface area contributed by atoms with Crippen LogP contribution in [-0.4, -0.2) is 54.0 Å². The minimum Gasteiger partial charge on any atom is -0.482 e. The van der Waals surface area contributed by atoms with E-state index in [1.165, 1.54) is 4.90 Å². The first-order valence-electron chi connectivity index (χ1n) is 9.08. The third-order valence-corrected chi connectivity index (χ3v) is 4.76. The lowest BCUT2D eigenvalue weighted by molar-refractivity contribution is -0.134. The first-order chi connectivity index (χ1) is 13.2. The van der Waals surface area contributed by atoms with Gasteiger partial charge in [-0.25, -0.2) is 4.98 Å². The van der Waals surface area contributed by atoms with Crippen LogP contribution in [0.3, 0.4) is 0 Å². The fraction of sp³-hybridized carbons (Fsp3) is 0.350. The van der Waals surface area contributed by atoms with Crippen LogP contribution in [0.25, 0.3) is 0 Å². The second-order valence-corrected chi connectivity index (χ2v) is 6.63. The smallest absolute Gasteiger partial charge is 0.265 e. The molecule has 27 heavy (non-hydrogen) atoms. The number of anilines is 1. The molecule has 2 aliphatic heterocycles. The molecule has 0 N–H and O–H groups in total. The van der Waals surface area contributed by atoms with Gasteiger partial charge in [0, 0.05) is 18.8 Å². The van der Waals surface area contributed by atoms with E-state index in [-0.39, 0.29) is 31.1 Å². The molecule has 0 saturated carbocycles. The summed E-state index contributed by atoms with van der Waals surface area (Å²) < 4.78 is 11.3. The number of benzene rings is 1. The Morgan fingerprint density at radius 2 is 2.07 bits per heavy atom. The number of fused-ring (bicyclic) bond motifs is 1. The highest BCUT2D eigenvalue weighted by atomic mass is 16.5. The van der Waals surface area contributed by atoms with Gasteiger partial charge in [-0.3, -0.25) is 14.5 Å². The van der Waals surface area contributed by atoms with Gasteiger partial charge in [0.2, 0.25) is 11.8 Å². The van der Waals surface area contributed by atoms with Crippen LogP contribution in [-0.2, 0) is 9.59 Å². The molecule has 7 heteroatoms. The summed E-state index contributed by atoms with van der Waals surface area (Å²) in [5, 5.41) is 0. The maximum absolute atomic E-state index is 12.8. The topological polar surface area (TPSA) is 72.0 Å². The predicted octanol–water partition coefficient (Wildman–Crippen LogP) is 1.88. The SMILES string of the molecule is O=C(CN1C(=O)COc2ccccc21)N1CCC[C@H](Oc2ccccn2)C1. The number of rotatable bonds is 4. The van der Waals surface area contributed by atoms with E-state index < -0.39 is 0 Å². The Morgan fingerprint density at radius 1 is 1.22 bits per heavy atom. The van der Waals surface area contributed by atoms with Gasteiger partial charge in [-0.05, 0) is 31.0 Å². The van der Waals surface area contributed by atoms with Gasteiger partial charge in [0.05, 0.1) is 12.2 Å². The van der Waals surface area contributed by atoms with Crippen LogP contribution in [0, 0.1) is 0 Å². The molecule has 1 saturated heterocycles. The Labute approximate surface area is 157 Å². The molecule has 0 radical (unpaired) electrons. The second-order valence-electron chi connectivity index (χ2n) is 6.63. The van der Waals surface area contributed by atoms with Crippen molar-refractivity contribution in [3.8, 4) is 11.6 Å². The zero-order chi connectivity index (χ0) is 18.6. The van der Waals surface area contributed by atoms with Crippen LogP contribution in [0.4, 0.5) is 5.69 Å². The maximum Gasteiger partial charge on any atom is 0.265 e. The summed E-state index contributed by atoms with van der Waals surface area (Å²) in [6, 6.07) is 12.8. The summed E-state index contributed by atoms with van der Waals surface area (Å²) in [6.07, 6.45) is 3.32. The molecule has 3 heterocycles. The van der Waals surface area contributed by atoms with Crippen molar-refractivity contribution in [2.24, 2.45) is 0 Å². The Balaban J connectivity index is 1.41. The summed E-state index contributed by atoms with van der Waals surface area (Å²) >= 11 is 0. The minimum atomic E-state index is -0.208. The Bertz CT molecular complexity index is 827. The summed E-state index contributed by atoms with van der Waals surface area (Å²) in [7, 11) is 0. The molecule has 4 rings (SSSR count). The molecule has 1 fully saturated rings. The van der Waals surface area contributed by atoms with Crippen LogP contribution < -0.4 is 14.4 Å². The number of ether oxygens (including phenoxy) is 2. The number of para-hydroxylation sites is 2. The molecule has 0 spiro atoms. The van der Waals surface area contributed by atoms with E-state index in [0.717, 1.165) is 12.8 Å². The summed E-state index contributed by atoms with van der Waals surface area (Å²) in [6.45, 7) is 1.13. The van der Waals surface area contributed by atoms with E-state index in [4.69, 9.17) is 9.47 Å². The Hall–Kier alpha value is -3.09. The van der Waals surface area contributed by atoms with Gasteiger partial charge in [-0.15, -0.1) is 0 Å². The largest absolute Gasteiger partial charge is 0.482 e. The van der Waals surface area contributed by atoms with E-state index in [0.29, 0.717) is 30.4 Å². The van der Waals surface area contributed by atoms with Crippen molar-refractivity contribution in [3.05, 3.63) is 48.7 Å². The van der Waals surface area contributed by atoms with E-state index in [9.17, 15) is 9.59 Å². The number of piperidine rings is 1. The van der Waals surface area contributed by atoms with Crippen molar-refractivity contribution in [1.82, 2.24) is 9.88 Å². The van der Waals surface area contributed by atoms with E-state index in [1.807, 2.05) is 30.3 Å². The fourth-order valence-electron chi connectivity index (χ4n) is 3.41. The highest BCUT2D eigenvalue weighted by molar-refractivity contribution is 6.02. The van der Waals surface area contributed by atoms with E-state index in [1.54, 1.807) is 23.2 Å². The standard InChI is InChI=1S/C20H21N3O4/c24-19(13-23-16-7-1-2-8-17(16)26-14-20(23)25)22-11-5-6-15(12-22)27-18-9-3-4-10-21-18/h1-4,7-10,15H,5-6,11-14H2/t15-/m0/s1. The molecule has 140 valence electrons. The highest BCUT2D eigenvalue weighted by Crippen LogP contribution is 2.31. The normalized spacial score (nSPS) is 19.3. The molecule has 2 amide bonds. The van der Waals surface area contributed by atoms with Crippen molar-refractivity contribution >= 4 is 17.5 Å². The third kappa shape index (κ3) is 3.86. The van der Waals surface area contributed by atoms with Gasteiger partial charge in [0.15, 0.2) is 6.61 Å². The number of aromatic nitrogens is 1. The molecular formula is C20H21N3O4. The van der Waals surface area contributed by atoms with Gasteiger partial charge in [-0.1, -0.05) is 18.2 Å². The maximum atomic E-state index is 12.8. The molecule has 1 aromatic carbocycles. The average Bonchev–Trinajstić information content (AvgIpc) is 2.71. The number of carbonyl (C=O) groups excluding carboxylic acids is 2. The molecule has 1 atom stereocenters. The lowest BCUT2D eigenvalue weighted by atomic mass is 10.1. The van der Waals surface area contributed by atoms with Crippen molar-refractivity contribution in [1.29, 1.82) is 0 Å². The number of amides is 2. The van der Waals surface area contributed by atoms with Crippen LogP contribution >= 0.6 is 0 Å². The number of pyridine rings is 1. The van der Waals surface area contributed by atoms with Crippen molar-refractivity contribution < 1.29 is 19.1 Å². The zero-order valence-corrected chi connectivity index (χ0v) is 14.9. The first kappa shape index (κ1) is 17.3. The Morgan fingerprint density at radius 3 is 2.93 bits per heavy atom. The molecular weight excluding hydrogens is 346 g/mol. The number of carbonyl (C=O) groups is 2. The molecule has 2 aromatic rings. The number of hydrogen-bond acceptors (Lipinski definition) is 5. The van der Waals surface area contributed by atoms with Crippen molar-refractivity contribution in [3.63, 3.8) is 0 Å². The van der Waals surface area contributed by atoms with Crippen LogP contribution in [0.15, 0.2) is 48.7 Å². The minimum absolute atomic E-state index is 0.00944. The molecule has 7 nitrogen and oxygen atoms in total. The number of nitrogens with zero attached hydrogens (tertiary/aromatic N) is 3. The van der Waals surface area contributed by atoms with E-state index >= 15 is 0 Å². The van der Waals surface area contributed by atoms with Gasteiger partial charge in [-0.2, -0.15) is 0 Å². The van der Waals surface area contributed by atoms with Gasteiger partial charge in [0.1, 0.15) is 18.4 Å². The van der Waals surface area contributed by atoms with Gasteiger partial charge >= 0.3 is 0 Å². The molecule has 1 aromatic heterocycles. The number of hydrogen-bond donors (Lipinski definition) is 0. The molecule has 0 unspecified atom stereocenters. The molecule has 2 aliphatic rings. The number of likely N-dealkylation sites (tertiary alicyclic amines) is 1. The summed E-state index contributed by atoms with van der Waals surface area (Å²) in [5.41, 5.74) is 0.639. The van der Waals surface area contributed by atoms with Crippen molar-refractivity contribution in [2.45, 2.75) is 18.9 Å². The molecule has 0 bridgehead atoms. The van der Waals surface area contributed by atoms with Crippen LogP contribution in [0.2, 0.25) is 0 Å². The van der Waals surface area contributed by atoms with Crippen molar-refractivity contribution in [2.75, 3.05) is 31.1 Å². The third-order valence-electron chi connectivity index (χ3n) is 4.76. The highest BCUT2D eigenvalue weighted by Gasteiger charge is 2.31. The monoisotopic (exact) mass is 367 g/mol. The van der Waals surface area contributed by atoms with Crippen LogP contribution in [0.5, 0.6) is 11.6 Å². The summed E-state index contributed by atoms with van der Waals surface area (Å²) in [4.78, 5) is 32.6. The predicted molar refractivity (Wildman–Crippen MR) is 98.8 cm³/mol. The lowest BCUT2D eigenvalue weighted by Gasteiger charge is -2.35. The molecule has 0 aliphatic carbocycles. The second kappa shape index (κ2) is 7.65. The first-order valence-corrected chi connectivity index (χ1v) is 9.08. The zero-order valence-electron chi connectivity index (χ0n) is 14.9. The fourth-order valence-corrected chi connectivity index (χ4v) is 3.41. The quantitative estimate of drug-likeness (QED) is 0.825.